The Morgan fingerprint density at radius 3 is 2.39 bits per heavy atom. The molecular formula is C23H27F3N10O2. The van der Waals surface area contributed by atoms with E-state index in [4.69, 9.17) is 20.4 Å². The van der Waals surface area contributed by atoms with Crippen LogP contribution in [0.5, 0.6) is 0 Å². The van der Waals surface area contributed by atoms with Crippen molar-refractivity contribution in [2.45, 2.75) is 38.0 Å². The quantitative estimate of drug-likeness (QED) is 0.527. The van der Waals surface area contributed by atoms with Gasteiger partial charge in [0.1, 0.15) is 6.54 Å². The Morgan fingerprint density at radius 1 is 1.05 bits per heavy atom. The third-order valence-electron chi connectivity index (χ3n) is 7.28. The van der Waals surface area contributed by atoms with Crippen molar-refractivity contribution in [2.75, 3.05) is 61.5 Å². The molecule has 1 saturated carbocycles. The molecule has 5 heterocycles. The van der Waals surface area contributed by atoms with Crippen LogP contribution in [-0.4, -0.2) is 97.9 Å². The molecule has 1 spiro atoms. The Hall–Kier alpha value is -3.75. The maximum atomic E-state index is 13.9. The number of hydrogen-bond donors (Lipinski definition) is 1. The van der Waals surface area contributed by atoms with Gasteiger partial charge in [-0.25, -0.2) is 24.9 Å². The molecule has 1 aliphatic carbocycles. The van der Waals surface area contributed by atoms with Gasteiger partial charge in [-0.15, -0.1) is 0 Å². The zero-order chi connectivity index (χ0) is 26.7. The Bertz CT molecular complexity index is 1370. The fourth-order valence-electron chi connectivity index (χ4n) is 5.33. The van der Waals surface area contributed by atoms with Gasteiger partial charge in [-0.2, -0.15) is 13.2 Å². The fraction of sp³-hybridized carbons (Fsp3) is 0.565. The number of morpholine rings is 1. The summed E-state index contributed by atoms with van der Waals surface area (Å²) in [6, 6.07) is 0. The summed E-state index contributed by atoms with van der Waals surface area (Å²) in [6.45, 7) is 3.37. The zero-order valence-electron chi connectivity index (χ0n) is 20.8. The van der Waals surface area contributed by atoms with E-state index in [9.17, 15) is 18.0 Å². The van der Waals surface area contributed by atoms with Crippen LogP contribution in [0, 0.1) is 0 Å². The first-order chi connectivity index (χ1) is 18.1. The van der Waals surface area contributed by atoms with E-state index in [-0.39, 0.29) is 40.3 Å². The van der Waals surface area contributed by atoms with E-state index in [0.29, 0.717) is 57.3 Å². The minimum atomic E-state index is -4.52. The highest BCUT2D eigenvalue weighted by Gasteiger charge is 2.53. The maximum Gasteiger partial charge on any atom is 0.406 e. The summed E-state index contributed by atoms with van der Waals surface area (Å²) in [5.41, 5.74) is 6.03. The summed E-state index contributed by atoms with van der Waals surface area (Å²) in [7, 11) is 0. The molecule has 0 aromatic carbocycles. The standard InChI is InChI=1S/C23H27F3N10O2/c1-14(37)36-5-4-34(12-22(36)2-3-22)21-30-16-18(33-6-8-38-9-7-33)31-17(15-10-28-20(27)29-11-15)32-19(16)35(21)13-23(24,25)26/h10-11H,2-9,12-13H2,1H3,(H2,27,28,29). The number of imidazole rings is 1. The minimum Gasteiger partial charge on any atom is -0.378 e. The molecule has 2 N–H and O–H groups in total. The number of nitrogens with two attached hydrogens (primary N) is 1. The van der Waals surface area contributed by atoms with Gasteiger partial charge in [-0.05, 0) is 12.8 Å². The number of carbonyl (C=O) groups is 1. The van der Waals surface area contributed by atoms with Crippen LogP contribution >= 0.6 is 0 Å². The van der Waals surface area contributed by atoms with Gasteiger partial charge >= 0.3 is 6.18 Å². The van der Waals surface area contributed by atoms with Crippen LogP contribution in [-0.2, 0) is 16.1 Å². The molecule has 0 unspecified atom stereocenters. The molecule has 3 aromatic rings. The van der Waals surface area contributed by atoms with Crippen LogP contribution in [0.25, 0.3) is 22.6 Å². The predicted octanol–water partition coefficient (Wildman–Crippen LogP) is 1.47. The van der Waals surface area contributed by atoms with Crippen molar-refractivity contribution < 1.29 is 22.7 Å². The monoisotopic (exact) mass is 532 g/mol. The summed E-state index contributed by atoms with van der Waals surface area (Å²) in [4.78, 5) is 39.8. The van der Waals surface area contributed by atoms with Crippen molar-refractivity contribution in [3.63, 3.8) is 0 Å². The smallest absolute Gasteiger partial charge is 0.378 e. The average Bonchev–Trinajstić information content (AvgIpc) is 3.55. The number of halogens is 3. The molecule has 0 bridgehead atoms. The molecular weight excluding hydrogens is 505 g/mol. The van der Waals surface area contributed by atoms with Crippen molar-refractivity contribution in [3.8, 4) is 11.4 Å². The topological polar surface area (TPSA) is 131 Å². The zero-order valence-corrected chi connectivity index (χ0v) is 20.8. The number of ether oxygens (including phenoxy) is 1. The van der Waals surface area contributed by atoms with Gasteiger partial charge < -0.3 is 25.2 Å². The molecule has 3 fully saturated rings. The molecule has 38 heavy (non-hydrogen) atoms. The van der Waals surface area contributed by atoms with Gasteiger partial charge in [0.25, 0.3) is 0 Å². The molecule has 1 amide bonds. The summed E-state index contributed by atoms with van der Waals surface area (Å²) < 4.78 is 48.4. The van der Waals surface area contributed by atoms with Crippen molar-refractivity contribution >= 4 is 34.8 Å². The number of aromatic nitrogens is 6. The molecule has 0 atom stereocenters. The van der Waals surface area contributed by atoms with E-state index >= 15 is 0 Å². The van der Waals surface area contributed by atoms with Gasteiger partial charge in [0.15, 0.2) is 22.8 Å². The normalized spacial score (nSPS) is 19.4. The number of nitrogens with zero attached hydrogens (tertiary/aromatic N) is 9. The number of amides is 1. The maximum absolute atomic E-state index is 13.9. The number of carbonyl (C=O) groups excluding carboxylic acids is 1. The number of alkyl halides is 3. The Balaban J connectivity index is 1.51. The summed E-state index contributed by atoms with van der Waals surface area (Å²) in [5.74, 6) is 0.805. The summed E-state index contributed by atoms with van der Waals surface area (Å²) >= 11 is 0. The van der Waals surface area contributed by atoms with E-state index in [1.165, 1.54) is 19.3 Å². The van der Waals surface area contributed by atoms with E-state index in [2.05, 4.69) is 15.0 Å². The van der Waals surface area contributed by atoms with Crippen molar-refractivity contribution in [1.29, 1.82) is 0 Å². The Labute approximate surface area is 215 Å². The number of nitrogen functional groups attached to an aromatic ring is 1. The van der Waals surface area contributed by atoms with Crippen molar-refractivity contribution in [2.24, 2.45) is 0 Å². The first-order valence-corrected chi connectivity index (χ1v) is 12.4. The molecule has 3 aromatic heterocycles. The fourth-order valence-corrected chi connectivity index (χ4v) is 5.33. The predicted molar refractivity (Wildman–Crippen MR) is 131 cm³/mol. The number of anilines is 3. The van der Waals surface area contributed by atoms with Crippen LogP contribution in [0.3, 0.4) is 0 Å². The van der Waals surface area contributed by atoms with Crippen molar-refractivity contribution in [1.82, 2.24) is 34.4 Å². The largest absolute Gasteiger partial charge is 0.406 e. The van der Waals surface area contributed by atoms with Crippen LogP contribution < -0.4 is 15.5 Å². The number of piperazine rings is 1. The van der Waals surface area contributed by atoms with E-state index in [1.54, 1.807) is 0 Å². The lowest BCUT2D eigenvalue weighted by atomic mass is 10.1. The average molecular weight is 533 g/mol. The Morgan fingerprint density at radius 2 is 1.76 bits per heavy atom. The van der Waals surface area contributed by atoms with E-state index in [1.807, 2.05) is 14.7 Å². The molecule has 12 nitrogen and oxygen atoms in total. The van der Waals surface area contributed by atoms with Gasteiger partial charge in [0, 0.05) is 52.0 Å². The van der Waals surface area contributed by atoms with Crippen LogP contribution in [0.4, 0.5) is 30.9 Å². The highest BCUT2D eigenvalue weighted by Crippen LogP contribution is 2.45. The third-order valence-corrected chi connectivity index (χ3v) is 7.28. The number of fused-ring (bicyclic) bond motifs is 1. The number of hydrogen-bond acceptors (Lipinski definition) is 10. The SMILES string of the molecule is CC(=O)N1CCN(c2nc3c(N4CCOCC4)nc(-c4cnc(N)nc4)nc3n2CC(F)(F)F)CC12CC2. The van der Waals surface area contributed by atoms with Gasteiger partial charge in [-0.1, -0.05) is 0 Å². The van der Waals surface area contributed by atoms with Gasteiger partial charge in [0.2, 0.25) is 17.8 Å². The second kappa shape index (κ2) is 8.92. The summed E-state index contributed by atoms with van der Waals surface area (Å²) in [5, 5.41) is 0. The first kappa shape index (κ1) is 24.6. The molecule has 2 aliphatic heterocycles. The molecule has 3 aliphatic rings. The van der Waals surface area contributed by atoms with Crippen molar-refractivity contribution in [3.05, 3.63) is 12.4 Å². The second-order valence-electron chi connectivity index (χ2n) is 9.90. The van der Waals surface area contributed by atoms with E-state index in [0.717, 1.165) is 17.4 Å². The summed E-state index contributed by atoms with van der Waals surface area (Å²) in [6.07, 6.45) is -0.0214. The van der Waals surface area contributed by atoms with E-state index < -0.39 is 12.7 Å². The van der Waals surface area contributed by atoms with Gasteiger partial charge in [-0.3, -0.25) is 9.36 Å². The Kier molecular flexibility index (Phi) is 5.77. The highest BCUT2D eigenvalue weighted by atomic mass is 19.4. The van der Waals surface area contributed by atoms with Gasteiger partial charge in [0.05, 0.1) is 24.3 Å². The molecule has 0 radical (unpaired) electrons. The number of rotatable bonds is 4. The minimum absolute atomic E-state index is 0.0261. The van der Waals surface area contributed by atoms with Crippen LogP contribution in [0.15, 0.2) is 12.4 Å². The third kappa shape index (κ3) is 4.44. The first-order valence-electron chi connectivity index (χ1n) is 12.4. The lowest BCUT2D eigenvalue weighted by Crippen LogP contribution is -2.57. The van der Waals surface area contributed by atoms with Crippen LogP contribution in [0.1, 0.15) is 19.8 Å². The lowest BCUT2D eigenvalue weighted by molar-refractivity contribution is -0.139. The second-order valence-corrected chi connectivity index (χ2v) is 9.90. The molecule has 15 heteroatoms. The molecule has 2 saturated heterocycles. The molecule has 202 valence electrons. The molecule has 6 rings (SSSR count). The van der Waals surface area contributed by atoms with Crippen LogP contribution in [0.2, 0.25) is 0 Å². The highest BCUT2D eigenvalue weighted by molar-refractivity contribution is 5.88. The lowest BCUT2D eigenvalue weighted by Gasteiger charge is -2.42.